The van der Waals surface area contributed by atoms with Crippen LogP contribution in [0.4, 0.5) is 16.3 Å². The third kappa shape index (κ3) is 4.59. The number of rotatable bonds is 2. The monoisotopic (exact) mass is 419 g/mol. The minimum absolute atomic E-state index is 0.242. The Morgan fingerprint density at radius 3 is 2.64 bits per heavy atom. The van der Waals surface area contributed by atoms with Crippen molar-refractivity contribution in [1.29, 1.82) is 0 Å². The summed E-state index contributed by atoms with van der Waals surface area (Å²) in [5.41, 5.74) is 6.07. The summed E-state index contributed by atoms with van der Waals surface area (Å²) >= 11 is 2.08. The fourth-order valence-electron chi connectivity index (χ4n) is 2.22. The van der Waals surface area contributed by atoms with Gasteiger partial charge >= 0.3 is 6.09 Å². The lowest BCUT2D eigenvalue weighted by Crippen LogP contribution is -2.44. The van der Waals surface area contributed by atoms with Crippen LogP contribution in [0, 0.1) is 3.70 Å². The topological polar surface area (TPSA) is 93.4 Å². The van der Waals surface area contributed by atoms with E-state index in [2.05, 4.69) is 37.9 Å². The van der Waals surface area contributed by atoms with Gasteiger partial charge in [-0.2, -0.15) is 0 Å². The second kappa shape index (κ2) is 6.84. The summed E-state index contributed by atoms with van der Waals surface area (Å²) in [5, 5.41) is 3.34. The molecule has 0 atom stereocenters. The molecule has 0 aromatic carbocycles. The molecule has 1 aliphatic rings. The van der Waals surface area contributed by atoms with E-state index >= 15 is 0 Å². The number of hydrogen-bond acceptors (Lipinski definition) is 6. The number of hydrogen-bond donors (Lipinski definition) is 2. The van der Waals surface area contributed by atoms with Gasteiger partial charge in [0.25, 0.3) is 0 Å². The first kappa shape index (κ1) is 17.0. The summed E-state index contributed by atoms with van der Waals surface area (Å²) in [6.45, 7) is 6.94. The van der Waals surface area contributed by atoms with Crippen LogP contribution in [0.15, 0.2) is 6.33 Å². The van der Waals surface area contributed by atoms with Crippen molar-refractivity contribution in [1.82, 2.24) is 14.9 Å². The normalized spacial score (nSPS) is 16.5. The smallest absolute Gasteiger partial charge is 0.410 e. The maximum Gasteiger partial charge on any atom is 0.410 e. The van der Waals surface area contributed by atoms with Crippen molar-refractivity contribution in [3.8, 4) is 0 Å². The van der Waals surface area contributed by atoms with Crippen LogP contribution in [-0.4, -0.2) is 45.7 Å². The zero-order chi connectivity index (χ0) is 16.3. The SMILES string of the molecule is CC(C)(C)OC(=O)N1CCC(Nc2ncnc(I)c2N)CC1. The molecule has 0 radical (unpaired) electrons. The average molecular weight is 419 g/mol. The number of amides is 1. The fourth-order valence-corrected chi connectivity index (χ4v) is 2.60. The van der Waals surface area contributed by atoms with Gasteiger partial charge in [-0.25, -0.2) is 14.8 Å². The van der Waals surface area contributed by atoms with Crippen molar-refractivity contribution in [2.24, 2.45) is 0 Å². The second-order valence-corrected chi connectivity index (χ2v) is 7.33. The molecule has 1 aromatic heterocycles. The molecule has 2 heterocycles. The number of carbonyl (C=O) groups excluding carboxylic acids is 1. The van der Waals surface area contributed by atoms with Gasteiger partial charge in [0.15, 0.2) is 5.82 Å². The summed E-state index contributed by atoms with van der Waals surface area (Å²) in [7, 11) is 0. The number of nitrogen functional groups attached to an aromatic ring is 1. The number of nitrogens with zero attached hydrogens (tertiary/aromatic N) is 3. The third-order valence-corrected chi connectivity index (χ3v) is 4.18. The van der Waals surface area contributed by atoms with Gasteiger partial charge in [-0.15, -0.1) is 0 Å². The zero-order valence-corrected chi connectivity index (χ0v) is 15.3. The summed E-state index contributed by atoms with van der Waals surface area (Å²) in [5.74, 6) is 0.662. The van der Waals surface area contributed by atoms with E-state index in [1.165, 1.54) is 6.33 Å². The Kier molecular flexibility index (Phi) is 5.30. The number of nitrogens with one attached hydrogen (secondary N) is 1. The van der Waals surface area contributed by atoms with Crippen molar-refractivity contribution in [3.63, 3.8) is 0 Å². The van der Waals surface area contributed by atoms with Crippen LogP contribution >= 0.6 is 22.6 Å². The molecule has 3 N–H and O–H groups in total. The Balaban J connectivity index is 1.87. The molecule has 0 unspecified atom stereocenters. The Bertz CT molecular complexity index is 539. The van der Waals surface area contributed by atoms with Gasteiger partial charge in [0.2, 0.25) is 0 Å². The first-order chi connectivity index (χ1) is 10.3. The predicted octanol–water partition coefficient (Wildman–Crippen LogP) is 2.47. The van der Waals surface area contributed by atoms with Gasteiger partial charge in [0.1, 0.15) is 21.3 Å². The third-order valence-electron chi connectivity index (χ3n) is 3.32. The summed E-state index contributed by atoms with van der Waals surface area (Å²) in [6.07, 6.45) is 2.91. The van der Waals surface area contributed by atoms with Crippen molar-refractivity contribution in [2.45, 2.75) is 45.3 Å². The van der Waals surface area contributed by atoms with Gasteiger partial charge in [0, 0.05) is 19.1 Å². The number of nitrogens with two attached hydrogens (primary N) is 1. The van der Waals surface area contributed by atoms with Crippen LogP contribution in [-0.2, 0) is 4.74 Å². The molecular weight excluding hydrogens is 397 g/mol. The summed E-state index contributed by atoms with van der Waals surface area (Å²) in [6, 6.07) is 0.242. The molecule has 1 fully saturated rings. The lowest BCUT2D eigenvalue weighted by atomic mass is 10.1. The maximum absolute atomic E-state index is 12.0. The number of aromatic nitrogens is 2. The number of carbonyl (C=O) groups is 1. The average Bonchev–Trinajstić information content (AvgIpc) is 2.43. The van der Waals surface area contributed by atoms with Crippen molar-refractivity contribution >= 4 is 40.2 Å². The number of likely N-dealkylation sites (tertiary alicyclic amines) is 1. The highest BCUT2D eigenvalue weighted by molar-refractivity contribution is 14.1. The minimum Gasteiger partial charge on any atom is -0.444 e. The zero-order valence-electron chi connectivity index (χ0n) is 13.1. The van der Waals surface area contributed by atoms with Crippen LogP contribution in [0.5, 0.6) is 0 Å². The van der Waals surface area contributed by atoms with E-state index in [-0.39, 0.29) is 12.1 Å². The predicted molar refractivity (Wildman–Crippen MR) is 93.6 cm³/mol. The molecule has 0 spiro atoms. The van der Waals surface area contributed by atoms with Crippen LogP contribution in [0.25, 0.3) is 0 Å². The van der Waals surface area contributed by atoms with E-state index in [9.17, 15) is 4.79 Å². The summed E-state index contributed by atoms with van der Waals surface area (Å²) < 4.78 is 6.13. The quantitative estimate of drug-likeness (QED) is 0.565. The number of halogens is 1. The standard InChI is InChI=1S/C14H22IN5O2/c1-14(2,3)22-13(21)20-6-4-9(5-7-20)19-12-10(16)11(15)17-8-18-12/h8-9H,4-7,16H2,1-3H3,(H,17,18,19). The van der Waals surface area contributed by atoms with E-state index in [1.807, 2.05) is 20.8 Å². The van der Waals surface area contributed by atoms with Gasteiger partial charge in [-0.1, -0.05) is 0 Å². The van der Waals surface area contributed by atoms with E-state index in [4.69, 9.17) is 10.5 Å². The molecule has 8 heteroatoms. The lowest BCUT2D eigenvalue weighted by molar-refractivity contribution is 0.0210. The first-order valence-corrected chi connectivity index (χ1v) is 8.34. The van der Waals surface area contributed by atoms with E-state index in [0.29, 0.717) is 24.6 Å². The lowest BCUT2D eigenvalue weighted by Gasteiger charge is -2.34. The molecule has 0 saturated carbocycles. The molecule has 7 nitrogen and oxygen atoms in total. The molecular formula is C14H22IN5O2. The Morgan fingerprint density at radius 2 is 2.05 bits per heavy atom. The van der Waals surface area contributed by atoms with E-state index in [0.717, 1.165) is 16.5 Å². The second-order valence-electron chi connectivity index (χ2n) is 6.31. The molecule has 0 bridgehead atoms. The molecule has 1 aliphatic heterocycles. The molecule has 1 saturated heterocycles. The van der Waals surface area contributed by atoms with Gasteiger partial charge in [0.05, 0.1) is 0 Å². The highest BCUT2D eigenvalue weighted by Gasteiger charge is 2.27. The highest BCUT2D eigenvalue weighted by Crippen LogP contribution is 2.23. The van der Waals surface area contributed by atoms with Gasteiger partial charge in [-0.05, 0) is 56.2 Å². The van der Waals surface area contributed by atoms with Crippen molar-refractivity contribution in [3.05, 3.63) is 10.0 Å². The fraction of sp³-hybridized carbons (Fsp3) is 0.643. The minimum atomic E-state index is -0.460. The maximum atomic E-state index is 12.0. The molecule has 1 aromatic rings. The van der Waals surface area contributed by atoms with Crippen LogP contribution in [0.2, 0.25) is 0 Å². The molecule has 0 aliphatic carbocycles. The van der Waals surface area contributed by atoms with E-state index < -0.39 is 5.60 Å². The Morgan fingerprint density at radius 1 is 1.41 bits per heavy atom. The number of piperidine rings is 1. The Labute approximate surface area is 144 Å². The van der Waals surface area contributed by atoms with Gasteiger partial charge in [-0.3, -0.25) is 0 Å². The number of ether oxygens (including phenoxy) is 1. The molecule has 2 rings (SSSR count). The highest BCUT2D eigenvalue weighted by atomic mass is 127. The first-order valence-electron chi connectivity index (χ1n) is 7.26. The van der Waals surface area contributed by atoms with Crippen LogP contribution < -0.4 is 11.1 Å². The van der Waals surface area contributed by atoms with Crippen LogP contribution in [0.3, 0.4) is 0 Å². The Hall–Kier alpha value is -1.32. The number of anilines is 2. The summed E-state index contributed by atoms with van der Waals surface area (Å²) in [4.78, 5) is 22.0. The van der Waals surface area contributed by atoms with Gasteiger partial charge < -0.3 is 20.7 Å². The van der Waals surface area contributed by atoms with Crippen molar-refractivity contribution < 1.29 is 9.53 Å². The molecule has 122 valence electrons. The molecule has 22 heavy (non-hydrogen) atoms. The van der Waals surface area contributed by atoms with Crippen molar-refractivity contribution in [2.75, 3.05) is 24.1 Å². The largest absolute Gasteiger partial charge is 0.444 e. The molecule has 1 amide bonds. The van der Waals surface area contributed by atoms with Crippen LogP contribution in [0.1, 0.15) is 33.6 Å². The van der Waals surface area contributed by atoms with E-state index in [1.54, 1.807) is 4.90 Å².